The molecule has 1 fully saturated rings. The monoisotopic (exact) mass is 278 g/mol. The minimum Gasteiger partial charge on any atom is -0.493 e. The lowest BCUT2D eigenvalue weighted by molar-refractivity contribution is 0.0334. The SMILES string of the molecule is CC1CN(CCCOc2ccccc2CN)CCC1O. The van der Waals surface area contributed by atoms with Crippen molar-refractivity contribution in [2.45, 2.75) is 32.4 Å². The predicted molar refractivity (Wildman–Crippen MR) is 80.7 cm³/mol. The van der Waals surface area contributed by atoms with Crippen LogP contribution >= 0.6 is 0 Å². The molecule has 0 spiro atoms. The third-order valence-electron chi connectivity index (χ3n) is 4.01. The molecule has 2 unspecified atom stereocenters. The molecule has 3 N–H and O–H groups in total. The Hall–Kier alpha value is -1.10. The summed E-state index contributed by atoms with van der Waals surface area (Å²) in [5.41, 5.74) is 6.75. The standard InChI is InChI=1S/C16H26N2O2/c1-13-12-18(9-7-15(13)19)8-4-10-20-16-6-3-2-5-14(16)11-17/h2-3,5-6,13,15,19H,4,7-12,17H2,1H3. The summed E-state index contributed by atoms with van der Waals surface area (Å²) in [4.78, 5) is 2.41. The Kier molecular flexibility index (Phi) is 5.83. The van der Waals surface area contributed by atoms with Gasteiger partial charge in [-0.15, -0.1) is 0 Å². The third kappa shape index (κ3) is 4.20. The highest BCUT2D eigenvalue weighted by Gasteiger charge is 2.23. The van der Waals surface area contributed by atoms with Crippen LogP contribution in [0.3, 0.4) is 0 Å². The van der Waals surface area contributed by atoms with Crippen molar-refractivity contribution >= 4 is 0 Å². The molecular weight excluding hydrogens is 252 g/mol. The molecule has 1 aromatic rings. The summed E-state index contributed by atoms with van der Waals surface area (Å²) in [6, 6.07) is 7.93. The summed E-state index contributed by atoms with van der Waals surface area (Å²) in [5, 5.41) is 9.71. The van der Waals surface area contributed by atoms with Crippen molar-refractivity contribution in [2.24, 2.45) is 11.7 Å². The van der Waals surface area contributed by atoms with E-state index in [1.165, 1.54) is 0 Å². The van der Waals surface area contributed by atoms with Crippen LogP contribution in [0.2, 0.25) is 0 Å². The molecule has 0 saturated carbocycles. The highest BCUT2D eigenvalue weighted by atomic mass is 16.5. The molecule has 2 rings (SSSR count). The summed E-state index contributed by atoms with van der Waals surface area (Å²) >= 11 is 0. The van der Waals surface area contributed by atoms with Gasteiger partial charge in [0.15, 0.2) is 0 Å². The van der Waals surface area contributed by atoms with Crippen LogP contribution in [0.4, 0.5) is 0 Å². The van der Waals surface area contributed by atoms with Crippen molar-refractivity contribution in [1.29, 1.82) is 0 Å². The van der Waals surface area contributed by atoms with Gasteiger partial charge in [-0.3, -0.25) is 0 Å². The fourth-order valence-electron chi connectivity index (χ4n) is 2.71. The van der Waals surface area contributed by atoms with E-state index in [1.54, 1.807) is 0 Å². The van der Waals surface area contributed by atoms with E-state index < -0.39 is 0 Å². The summed E-state index contributed by atoms with van der Waals surface area (Å²) in [6.45, 7) is 6.35. The summed E-state index contributed by atoms with van der Waals surface area (Å²) < 4.78 is 5.81. The molecule has 0 bridgehead atoms. The van der Waals surface area contributed by atoms with E-state index in [1.807, 2.05) is 24.3 Å². The molecule has 1 saturated heterocycles. The van der Waals surface area contributed by atoms with Crippen molar-refractivity contribution in [3.05, 3.63) is 29.8 Å². The number of rotatable bonds is 6. The maximum absolute atomic E-state index is 9.71. The van der Waals surface area contributed by atoms with Gasteiger partial charge in [-0.05, 0) is 24.8 Å². The van der Waals surface area contributed by atoms with Gasteiger partial charge in [0.25, 0.3) is 0 Å². The number of hydrogen-bond donors (Lipinski definition) is 2. The Bertz CT molecular complexity index is 411. The van der Waals surface area contributed by atoms with Crippen LogP contribution in [-0.4, -0.2) is 42.4 Å². The first kappa shape index (κ1) is 15.3. The summed E-state index contributed by atoms with van der Waals surface area (Å²) in [6.07, 6.45) is 1.76. The number of aliphatic hydroxyl groups excluding tert-OH is 1. The van der Waals surface area contributed by atoms with Crippen molar-refractivity contribution in [3.8, 4) is 5.75 Å². The average Bonchev–Trinajstić information content (AvgIpc) is 2.47. The molecule has 1 aliphatic rings. The number of ether oxygens (including phenoxy) is 1. The topological polar surface area (TPSA) is 58.7 Å². The maximum atomic E-state index is 9.71. The van der Waals surface area contributed by atoms with Gasteiger partial charge in [0.1, 0.15) is 5.75 Å². The number of likely N-dealkylation sites (tertiary alicyclic amines) is 1. The molecule has 0 amide bonds. The number of para-hydroxylation sites is 1. The maximum Gasteiger partial charge on any atom is 0.123 e. The fraction of sp³-hybridized carbons (Fsp3) is 0.625. The van der Waals surface area contributed by atoms with Crippen LogP contribution in [0.15, 0.2) is 24.3 Å². The average molecular weight is 278 g/mol. The molecule has 4 nitrogen and oxygen atoms in total. The van der Waals surface area contributed by atoms with Crippen molar-refractivity contribution in [1.82, 2.24) is 4.90 Å². The third-order valence-corrected chi connectivity index (χ3v) is 4.01. The Morgan fingerprint density at radius 3 is 2.95 bits per heavy atom. The van der Waals surface area contributed by atoms with Crippen LogP contribution in [-0.2, 0) is 6.54 Å². The van der Waals surface area contributed by atoms with E-state index in [4.69, 9.17) is 10.5 Å². The van der Waals surface area contributed by atoms with E-state index in [2.05, 4.69) is 11.8 Å². The van der Waals surface area contributed by atoms with Gasteiger partial charge in [-0.2, -0.15) is 0 Å². The summed E-state index contributed by atoms with van der Waals surface area (Å²) in [5.74, 6) is 1.28. The van der Waals surface area contributed by atoms with Gasteiger partial charge in [0, 0.05) is 31.7 Å². The predicted octanol–water partition coefficient (Wildman–Crippen LogP) is 1.62. The second-order valence-corrected chi connectivity index (χ2v) is 5.65. The second-order valence-electron chi connectivity index (χ2n) is 5.65. The molecule has 1 heterocycles. The van der Waals surface area contributed by atoms with Crippen molar-refractivity contribution < 1.29 is 9.84 Å². The van der Waals surface area contributed by atoms with Gasteiger partial charge < -0.3 is 20.5 Å². The van der Waals surface area contributed by atoms with Gasteiger partial charge in [-0.1, -0.05) is 25.1 Å². The van der Waals surface area contributed by atoms with Gasteiger partial charge in [0.2, 0.25) is 0 Å². The molecule has 112 valence electrons. The van der Waals surface area contributed by atoms with Gasteiger partial charge in [0.05, 0.1) is 12.7 Å². The molecule has 1 aromatic carbocycles. The Balaban J connectivity index is 1.69. The van der Waals surface area contributed by atoms with E-state index in [9.17, 15) is 5.11 Å². The summed E-state index contributed by atoms with van der Waals surface area (Å²) in [7, 11) is 0. The molecular formula is C16H26N2O2. The van der Waals surface area contributed by atoms with Crippen LogP contribution < -0.4 is 10.5 Å². The van der Waals surface area contributed by atoms with Gasteiger partial charge >= 0.3 is 0 Å². The normalized spacial score (nSPS) is 23.8. The van der Waals surface area contributed by atoms with E-state index in [0.29, 0.717) is 19.1 Å². The Morgan fingerprint density at radius 1 is 1.40 bits per heavy atom. The Labute approximate surface area is 121 Å². The molecule has 0 aliphatic carbocycles. The molecule has 20 heavy (non-hydrogen) atoms. The van der Waals surface area contributed by atoms with Crippen LogP contribution in [0.5, 0.6) is 5.75 Å². The molecule has 2 atom stereocenters. The van der Waals surface area contributed by atoms with E-state index in [0.717, 1.165) is 43.8 Å². The minimum absolute atomic E-state index is 0.126. The largest absolute Gasteiger partial charge is 0.493 e. The zero-order valence-corrected chi connectivity index (χ0v) is 12.3. The molecule has 0 aromatic heterocycles. The second kappa shape index (κ2) is 7.62. The van der Waals surface area contributed by atoms with E-state index >= 15 is 0 Å². The number of nitrogens with zero attached hydrogens (tertiary/aromatic N) is 1. The molecule has 1 aliphatic heterocycles. The Morgan fingerprint density at radius 2 is 2.20 bits per heavy atom. The van der Waals surface area contributed by atoms with Crippen molar-refractivity contribution in [2.75, 3.05) is 26.2 Å². The highest BCUT2D eigenvalue weighted by molar-refractivity contribution is 5.32. The minimum atomic E-state index is -0.126. The van der Waals surface area contributed by atoms with Crippen LogP contribution in [0, 0.1) is 5.92 Å². The molecule has 4 heteroatoms. The first-order valence-electron chi connectivity index (χ1n) is 7.52. The van der Waals surface area contributed by atoms with Crippen molar-refractivity contribution in [3.63, 3.8) is 0 Å². The number of piperidine rings is 1. The lowest BCUT2D eigenvalue weighted by atomic mass is 9.97. The first-order valence-corrected chi connectivity index (χ1v) is 7.52. The number of nitrogens with two attached hydrogens (primary N) is 1. The number of aliphatic hydroxyl groups is 1. The van der Waals surface area contributed by atoms with Gasteiger partial charge in [-0.25, -0.2) is 0 Å². The zero-order valence-electron chi connectivity index (χ0n) is 12.3. The van der Waals surface area contributed by atoms with E-state index in [-0.39, 0.29) is 6.10 Å². The van der Waals surface area contributed by atoms with Crippen LogP contribution in [0.1, 0.15) is 25.3 Å². The van der Waals surface area contributed by atoms with Crippen LogP contribution in [0.25, 0.3) is 0 Å². The number of hydrogen-bond acceptors (Lipinski definition) is 4. The quantitative estimate of drug-likeness (QED) is 0.776. The lowest BCUT2D eigenvalue weighted by Gasteiger charge is -2.34. The number of benzene rings is 1. The lowest BCUT2D eigenvalue weighted by Crippen LogP contribution is -2.42. The zero-order chi connectivity index (χ0) is 14.4. The smallest absolute Gasteiger partial charge is 0.123 e. The highest BCUT2D eigenvalue weighted by Crippen LogP contribution is 2.18. The molecule has 0 radical (unpaired) electrons. The fourth-order valence-corrected chi connectivity index (χ4v) is 2.71. The first-order chi connectivity index (χ1) is 9.70.